The number of aromatic hydroxyl groups is 1. The van der Waals surface area contributed by atoms with Crippen LogP contribution in [-0.4, -0.2) is 53.5 Å². The molecular weight excluding hydrogens is 336 g/mol. The fourth-order valence-electron chi connectivity index (χ4n) is 5.18. The van der Waals surface area contributed by atoms with E-state index in [4.69, 9.17) is 0 Å². The number of amides is 1. The van der Waals surface area contributed by atoms with Crippen molar-refractivity contribution in [1.82, 2.24) is 9.80 Å². The number of fused-ring (bicyclic) bond motifs is 4. The van der Waals surface area contributed by atoms with E-state index >= 15 is 0 Å². The van der Waals surface area contributed by atoms with Crippen LogP contribution in [0.3, 0.4) is 0 Å². The third-order valence-electron chi connectivity index (χ3n) is 6.71. The average molecular weight is 364 g/mol. The van der Waals surface area contributed by atoms with Crippen molar-refractivity contribution in [2.45, 2.75) is 43.7 Å². The van der Waals surface area contributed by atoms with Crippen LogP contribution in [0.5, 0.6) is 5.75 Å². The first-order valence-corrected chi connectivity index (χ1v) is 9.72. The van der Waals surface area contributed by atoms with Crippen LogP contribution in [0.4, 0.5) is 0 Å². The molecule has 3 atom stereocenters. The second-order valence-electron chi connectivity index (χ2n) is 8.37. The molecule has 142 valence electrons. The first-order chi connectivity index (χ1) is 12.9. The van der Waals surface area contributed by atoms with E-state index < -0.39 is 0 Å². The van der Waals surface area contributed by atoms with Crippen molar-refractivity contribution >= 4 is 5.91 Å². The van der Waals surface area contributed by atoms with Gasteiger partial charge in [-0.2, -0.15) is 0 Å². The molecule has 0 saturated carbocycles. The summed E-state index contributed by atoms with van der Waals surface area (Å²) in [5, 5.41) is 10.1. The number of phenols is 1. The lowest BCUT2D eigenvalue weighted by atomic mass is 9.61. The second kappa shape index (κ2) is 6.68. The number of nitrogens with zero attached hydrogens (tertiary/aromatic N) is 2. The van der Waals surface area contributed by atoms with Crippen molar-refractivity contribution in [3.05, 3.63) is 65.2 Å². The van der Waals surface area contributed by atoms with Crippen LogP contribution >= 0.6 is 0 Å². The van der Waals surface area contributed by atoms with Gasteiger partial charge < -0.3 is 14.9 Å². The van der Waals surface area contributed by atoms with Crippen LogP contribution in [-0.2, 0) is 23.1 Å². The zero-order valence-electron chi connectivity index (χ0n) is 16.4. The fraction of sp³-hybridized carbons (Fsp3) is 0.435. The van der Waals surface area contributed by atoms with Gasteiger partial charge in [-0.05, 0) is 55.3 Å². The molecule has 1 aliphatic carbocycles. The van der Waals surface area contributed by atoms with Crippen molar-refractivity contribution in [3.63, 3.8) is 0 Å². The zero-order valence-corrected chi connectivity index (χ0v) is 16.4. The maximum atomic E-state index is 13.1. The minimum absolute atomic E-state index is 0.0989. The molecule has 1 saturated heterocycles. The third-order valence-corrected chi connectivity index (χ3v) is 6.71. The standard InChI is InChI=1S/C23H28N2O2/c1-23-11-12-24(2)20(14-17-9-10-18(26)15-19(17)23)22(23)25(3)21(27)13-16-7-5-4-6-8-16/h4-10,15,20,22,26H,11-14H2,1-3H3/t20?,22-,23+/m0/s1. The highest BCUT2D eigenvalue weighted by Gasteiger charge is 2.52. The molecule has 4 nitrogen and oxygen atoms in total. The van der Waals surface area contributed by atoms with E-state index in [0.717, 1.165) is 24.9 Å². The van der Waals surface area contributed by atoms with Crippen molar-refractivity contribution in [3.8, 4) is 5.75 Å². The summed E-state index contributed by atoms with van der Waals surface area (Å²) < 4.78 is 0. The summed E-state index contributed by atoms with van der Waals surface area (Å²) in [6.07, 6.45) is 2.31. The van der Waals surface area contributed by atoms with Gasteiger partial charge in [0, 0.05) is 18.5 Å². The van der Waals surface area contributed by atoms with Gasteiger partial charge in [-0.3, -0.25) is 4.79 Å². The van der Waals surface area contributed by atoms with Crippen LogP contribution in [0.1, 0.15) is 30.0 Å². The SMILES string of the molecule is CN1CC[C@]2(C)c3cc(O)ccc3CC1[C@@H]2N(C)C(=O)Cc1ccccc1. The van der Waals surface area contributed by atoms with Crippen LogP contribution in [0.25, 0.3) is 0 Å². The van der Waals surface area contributed by atoms with E-state index in [1.165, 1.54) is 11.1 Å². The van der Waals surface area contributed by atoms with Crippen molar-refractivity contribution in [1.29, 1.82) is 0 Å². The highest BCUT2D eigenvalue weighted by atomic mass is 16.3. The first kappa shape index (κ1) is 18.1. The number of carbonyl (C=O) groups excluding carboxylic acids is 1. The Labute approximate surface area is 161 Å². The fourth-order valence-corrected chi connectivity index (χ4v) is 5.18. The van der Waals surface area contributed by atoms with Gasteiger partial charge in [-0.15, -0.1) is 0 Å². The molecule has 2 aromatic rings. The molecule has 1 heterocycles. The lowest BCUT2D eigenvalue weighted by molar-refractivity contribution is -0.136. The Hall–Kier alpha value is -2.33. The normalized spacial score (nSPS) is 27.1. The Morgan fingerprint density at radius 1 is 1.26 bits per heavy atom. The van der Waals surface area contributed by atoms with E-state index in [2.05, 4.69) is 24.9 Å². The molecule has 0 radical (unpaired) electrons. The Kier molecular flexibility index (Phi) is 4.47. The summed E-state index contributed by atoms with van der Waals surface area (Å²) in [6, 6.07) is 16.1. The molecule has 4 heteroatoms. The lowest BCUT2D eigenvalue weighted by Gasteiger charge is -2.57. The number of hydrogen-bond acceptors (Lipinski definition) is 3. The molecular formula is C23H28N2O2. The number of likely N-dealkylation sites (tertiary alicyclic amines) is 1. The predicted molar refractivity (Wildman–Crippen MR) is 107 cm³/mol. The van der Waals surface area contributed by atoms with Gasteiger partial charge in [0.15, 0.2) is 0 Å². The number of likely N-dealkylation sites (N-methyl/N-ethyl adjacent to an activating group) is 2. The zero-order chi connectivity index (χ0) is 19.2. The van der Waals surface area contributed by atoms with Gasteiger partial charge >= 0.3 is 0 Å². The largest absolute Gasteiger partial charge is 0.508 e. The predicted octanol–water partition coefficient (Wildman–Crippen LogP) is 2.98. The lowest BCUT2D eigenvalue weighted by Crippen LogP contribution is -2.67. The van der Waals surface area contributed by atoms with Crippen molar-refractivity contribution < 1.29 is 9.90 Å². The van der Waals surface area contributed by atoms with Crippen molar-refractivity contribution in [2.24, 2.45) is 0 Å². The number of rotatable bonds is 3. The summed E-state index contributed by atoms with van der Waals surface area (Å²) in [5.41, 5.74) is 3.40. The molecule has 2 aliphatic rings. The van der Waals surface area contributed by atoms with Crippen LogP contribution in [0.15, 0.2) is 48.5 Å². The Morgan fingerprint density at radius 3 is 2.74 bits per heavy atom. The summed E-state index contributed by atoms with van der Waals surface area (Å²) in [6.45, 7) is 3.27. The molecule has 4 rings (SSSR count). The highest BCUT2D eigenvalue weighted by Crippen LogP contribution is 2.47. The molecule has 2 aromatic carbocycles. The Bertz CT molecular complexity index is 851. The Balaban J connectivity index is 1.69. The summed E-state index contributed by atoms with van der Waals surface area (Å²) in [5.74, 6) is 0.464. The molecule has 1 N–H and O–H groups in total. The smallest absolute Gasteiger partial charge is 0.227 e. The van der Waals surface area contributed by atoms with Gasteiger partial charge in [0.05, 0.1) is 12.5 Å². The average Bonchev–Trinajstić information content (AvgIpc) is 2.66. The summed E-state index contributed by atoms with van der Waals surface area (Å²) >= 11 is 0. The van der Waals surface area contributed by atoms with E-state index in [9.17, 15) is 9.90 Å². The van der Waals surface area contributed by atoms with E-state index in [1.54, 1.807) is 6.07 Å². The van der Waals surface area contributed by atoms with Crippen LogP contribution < -0.4 is 0 Å². The van der Waals surface area contributed by atoms with Gasteiger partial charge in [0.1, 0.15) is 5.75 Å². The first-order valence-electron chi connectivity index (χ1n) is 9.72. The number of piperidine rings is 1. The topological polar surface area (TPSA) is 43.8 Å². The molecule has 1 aliphatic heterocycles. The molecule has 2 bridgehead atoms. The molecule has 0 spiro atoms. The number of benzene rings is 2. The molecule has 0 aromatic heterocycles. The van der Waals surface area contributed by atoms with E-state index in [-0.39, 0.29) is 17.4 Å². The van der Waals surface area contributed by atoms with Crippen LogP contribution in [0, 0.1) is 0 Å². The van der Waals surface area contributed by atoms with Gasteiger partial charge in [-0.25, -0.2) is 0 Å². The van der Waals surface area contributed by atoms with E-state index in [1.807, 2.05) is 48.3 Å². The molecule has 1 amide bonds. The minimum atomic E-state index is -0.148. The third kappa shape index (κ3) is 3.02. The van der Waals surface area contributed by atoms with Crippen LogP contribution in [0.2, 0.25) is 0 Å². The molecule has 1 unspecified atom stereocenters. The maximum Gasteiger partial charge on any atom is 0.227 e. The maximum absolute atomic E-state index is 13.1. The highest BCUT2D eigenvalue weighted by molar-refractivity contribution is 5.79. The number of phenolic OH excluding ortho intramolecular Hbond substituents is 1. The number of hydrogen-bond donors (Lipinski definition) is 1. The van der Waals surface area contributed by atoms with Gasteiger partial charge in [-0.1, -0.05) is 43.3 Å². The summed E-state index contributed by atoms with van der Waals surface area (Å²) in [7, 11) is 4.12. The van der Waals surface area contributed by atoms with Gasteiger partial charge in [0.2, 0.25) is 5.91 Å². The second-order valence-corrected chi connectivity index (χ2v) is 8.37. The molecule has 27 heavy (non-hydrogen) atoms. The summed E-state index contributed by atoms with van der Waals surface area (Å²) in [4.78, 5) is 17.5. The number of carbonyl (C=O) groups is 1. The van der Waals surface area contributed by atoms with Crippen molar-refractivity contribution in [2.75, 3.05) is 20.6 Å². The van der Waals surface area contributed by atoms with E-state index in [0.29, 0.717) is 18.2 Å². The Morgan fingerprint density at radius 2 is 2.00 bits per heavy atom. The molecule has 1 fully saturated rings. The van der Waals surface area contributed by atoms with Gasteiger partial charge in [0.25, 0.3) is 0 Å². The minimum Gasteiger partial charge on any atom is -0.508 e. The monoisotopic (exact) mass is 364 g/mol. The quantitative estimate of drug-likeness (QED) is 0.911.